The molecule has 1 aromatic heterocycles. The van der Waals surface area contributed by atoms with Crippen molar-refractivity contribution in [3.05, 3.63) is 36.7 Å². The Hall–Kier alpha value is -2.39. The summed E-state index contributed by atoms with van der Waals surface area (Å²) in [4.78, 5) is 8.28. The van der Waals surface area contributed by atoms with E-state index < -0.39 is 10.0 Å². The molecule has 0 radical (unpaired) electrons. The fraction of sp³-hybridized carbons (Fsp3) is 0.444. The van der Waals surface area contributed by atoms with Crippen molar-refractivity contribution in [3.8, 4) is 17.5 Å². The molecule has 9 heteroatoms. The molecule has 2 aromatic rings. The van der Waals surface area contributed by atoms with Gasteiger partial charge in [-0.25, -0.2) is 18.4 Å². The Morgan fingerprint density at radius 2 is 1.85 bits per heavy atom. The molecular formula is C18H21N3O5S. The average Bonchev–Trinajstić information content (AvgIpc) is 2.94. The van der Waals surface area contributed by atoms with Crippen LogP contribution in [0.15, 0.2) is 41.6 Å². The number of nitrogens with zero attached hydrogens (tertiary/aromatic N) is 3. The highest BCUT2D eigenvalue weighted by molar-refractivity contribution is 7.89. The van der Waals surface area contributed by atoms with E-state index >= 15 is 0 Å². The lowest BCUT2D eigenvalue weighted by Gasteiger charge is -2.31. The van der Waals surface area contributed by atoms with Crippen molar-refractivity contribution in [1.29, 1.82) is 0 Å². The summed E-state index contributed by atoms with van der Waals surface area (Å²) >= 11 is 0. The lowest BCUT2D eigenvalue weighted by atomic mass is 10.1. The lowest BCUT2D eigenvalue weighted by molar-refractivity contribution is 0.119. The summed E-state index contributed by atoms with van der Waals surface area (Å²) in [5.41, 5.74) is 0. The molecule has 0 spiro atoms. The van der Waals surface area contributed by atoms with Gasteiger partial charge in [0, 0.05) is 31.4 Å². The standard InChI is InChI=1S/C18H21N3O5S/c22-27(23,15-5-6-16-17(12-15)25-11-3-10-24-16)21-9-1-4-14(13-21)26-18-19-7-2-8-20-18/h2,5-8,12,14H,1,3-4,9-11,13H2. The Bertz CT molecular complexity index is 891. The van der Waals surface area contributed by atoms with Crippen molar-refractivity contribution in [3.63, 3.8) is 0 Å². The fourth-order valence-electron chi connectivity index (χ4n) is 3.17. The van der Waals surface area contributed by atoms with Gasteiger partial charge in [-0.05, 0) is 31.0 Å². The Morgan fingerprint density at radius 3 is 2.67 bits per heavy atom. The second-order valence-corrected chi connectivity index (χ2v) is 8.37. The van der Waals surface area contributed by atoms with Crippen molar-refractivity contribution >= 4 is 10.0 Å². The van der Waals surface area contributed by atoms with Gasteiger partial charge in [0.05, 0.1) is 24.7 Å². The van der Waals surface area contributed by atoms with Crippen LogP contribution in [-0.2, 0) is 10.0 Å². The molecule has 1 atom stereocenters. The van der Waals surface area contributed by atoms with Crippen LogP contribution in [-0.4, -0.2) is 55.1 Å². The highest BCUT2D eigenvalue weighted by Crippen LogP contribution is 2.33. The van der Waals surface area contributed by atoms with E-state index in [0.29, 0.717) is 37.7 Å². The number of sulfonamides is 1. The monoisotopic (exact) mass is 391 g/mol. The quantitative estimate of drug-likeness (QED) is 0.786. The normalized spacial score (nSPS) is 20.7. The largest absolute Gasteiger partial charge is 0.490 e. The number of piperidine rings is 1. The van der Waals surface area contributed by atoms with Gasteiger partial charge in [-0.15, -0.1) is 0 Å². The van der Waals surface area contributed by atoms with Crippen molar-refractivity contribution in [1.82, 2.24) is 14.3 Å². The number of fused-ring (bicyclic) bond motifs is 1. The van der Waals surface area contributed by atoms with E-state index in [0.717, 1.165) is 12.8 Å². The second kappa shape index (κ2) is 7.69. The van der Waals surface area contributed by atoms with Gasteiger partial charge >= 0.3 is 6.01 Å². The maximum atomic E-state index is 13.1. The highest BCUT2D eigenvalue weighted by atomic mass is 32.2. The van der Waals surface area contributed by atoms with Gasteiger partial charge in [0.25, 0.3) is 0 Å². The smallest absolute Gasteiger partial charge is 0.316 e. The van der Waals surface area contributed by atoms with Crippen LogP contribution in [0.4, 0.5) is 0 Å². The summed E-state index contributed by atoms with van der Waals surface area (Å²) in [6.45, 7) is 1.78. The maximum absolute atomic E-state index is 13.1. The molecule has 8 nitrogen and oxygen atoms in total. The van der Waals surface area contributed by atoms with Crippen LogP contribution in [0.2, 0.25) is 0 Å². The van der Waals surface area contributed by atoms with E-state index in [1.807, 2.05) is 0 Å². The van der Waals surface area contributed by atoms with Crippen molar-refractivity contribution in [2.45, 2.75) is 30.3 Å². The number of rotatable bonds is 4. The molecule has 1 unspecified atom stereocenters. The summed E-state index contributed by atoms with van der Waals surface area (Å²) in [6.07, 6.45) is 5.14. The zero-order valence-corrected chi connectivity index (χ0v) is 15.6. The minimum absolute atomic E-state index is 0.198. The van der Waals surface area contributed by atoms with Crippen LogP contribution in [0.5, 0.6) is 17.5 Å². The number of benzene rings is 1. The molecule has 0 N–H and O–H groups in total. The summed E-state index contributed by atoms with van der Waals surface area (Å²) in [5, 5.41) is 0. The average molecular weight is 391 g/mol. The van der Waals surface area contributed by atoms with E-state index in [9.17, 15) is 8.42 Å². The van der Waals surface area contributed by atoms with Crippen molar-refractivity contribution in [2.24, 2.45) is 0 Å². The molecule has 1 aromatic carbocycles. The SMILES string of the molecule is O=S(=O)(c1ccc2c(c1)OCCCO2)N1CCCC(Oc2ncccn2)C1. The number of hydrogen-bond donors (Lipinski definition) is 0. The molecule has 144 valence electrons. The van der Waals surface area contributed by atoms with Crippen molar-refractivity contribution in [2.75, 3.05) is 26.3 Å². The first-order valence-corrected chi connectivity index (χ1v) is 10.4. The van der Waals surface area contributed by atoms with Gasteiger partial charge in [-0.3, -0.25) is 0 Å². The Balaban J connectivity index is 1.52. The maximum Gasteiger partial charge on any atom is 0.316 e. The van der Waals surface area contributed by atoms with Crippen LogP contribution in [0.1, 0.15) is 19.3 Å². The molecular weight excluding hydrogens is 370 g/mol. The molecule has 2 aliphatic rings. The van der Waals surface area contributed by atoms with E-state index in [1.165, 1.54) is 4.31 Å². The highest BCUT2D eigenvalue weighted by Gasteiger charge is 2.32. The van der Waals surface area contributed by atoms with E-state index in [1.54, 1.807) is 36.7 Å². The zero-order valence-electron chi connectivity index (χ0n) is 14.8. The molecule has 2 aliphatic heterocycles. The first kappa shape index (κ1) is 18.0. The van der Waals surface area contributed by atoms with Crippen LogP contribution in [0.3, 0.4) is 0 Å². The van der Waals surface area contributed by atoms with Crippen LogP contribution in [0.25, 0.3) is 0 Å². The molecule has 0 bridgehead atoms. The number of aromatic nitrogens is 2. The Labute approximate surface area is 158 Å². The molecule has 27 heavy (non-hydrogen) atoms. The molecule has 3 heterocycles. The van der Waals surface area contributed by atoms with Gasteiger partial charge in [0.1, 0.15) is 6.10 Å². The minimum Gasteiger partial charge on any atom is -0.490 e. The topological polar surface area (TPSA) is 90.9 Å². The van der Waals surface area contributed by atoms with Gasteiger partial charge < -0.3 is 14.2 Å². The molecule has 4 rings (SSSR count). The van der Waals surface area contributed by atoms with Gasteiger partial charge in [-0.2, -0.15) is 4.31 Å². The lowest BCUT2D eigenvalue weighted by Crippen LogP contribution is -2.44. The summed E-state index contributed by atoms with van der Waals surface area (Å²) < 4.78 is 44.6. The molecule has 0 aliphatic carbocycles. The van der Waals surface area contributed by atoms with Gasteiger partial charge in [0.2, 0.25) is 10.0 Å². The Kier molecular flexibility index (Phi) is 5.13. The third-order valence-electron chi connectivity index (χ3n) is 4.51. The third-order valence-corrected chi connectivity index (χ3v) is 6.37. The molecule has 0 saturated carbocycles. The Morgan fingerprint density at radius 1 is 1.07 bits per heavy atom. The van der Waals surface area contributed by atoms with Crippen LogP contribution in [0, 0.1) is 0 Å². The van der Waals surface area contributed by atoms with E-state index in [4.69, 9.17) is 14.2 Å². The third kappa shape index (κ3) is 3.98. The molecule has 1 fully saturated rings. The first-order valence-electron chi connectivity index (χ1n) is 8.96. The summed E-state index contributed by atoms with van der Waals surface area (Å²) in [7, 11) is -3.66. The van der Waals surface area contributed by atoms with Crippen LogP contribution < -0.4 is 14.2 Å². The second-order valence-electron chi connectivity index (χ2n) is 6.44. The number of hydrogen-bond acceptors (Lipinski definition) is 7. The van der Waals surface area contributed by atoms with Crippen LogP contribution >= 0.6 is 0 Å². The predicted octanol–water partition coefficient (Wildman–Crippen LogP) is 1.87. The molecule has 1 saturated heterocycles. The first-order chi connectivity index (χ1) is 13.1. The zero-order chi connectivity index (χ0) is 18.7. The van der Waals surface area contributed by atoms with Crippen molar-refractivity contribution < 1.29 is 22.6 Å². The fourth-order valence-corrected chi connectivity index (χ4v) is 4.69. The van der Waals surface area contributed by atoms with E-state index in [2.05, 4.69) is 9.97 Å². The molecule has 0 amide bonds. The number of ether oxygens (including phenoxy) is 3. The summed E-state index contributed by atoms with van der Waals surface area (Å²) in [5.74, 6) is 1.05. The van der Waals surface area contributed by atoms with E-state index in [-0.39, 0.29) is 23.6 Å². The van der Waals surface area contributed by atoms with Gasteiger partial charge in [0.15, 0.2) is 11.5 Å². The predicted molar refractivity (Wildman–Crippen MR) is 96.5 cm³/mol. The summed E-state index contributed by atoms with van der Waals surface area (Å²) in [6, 6.07) is 6.73. The minimum atomic E-state index is -3.66. The van der Waals surface area contributed by atoms with Gasteiger partial charge in [-0.1, -0.05) is 0 Å².